The van der Waals surface area contributed by atoms with Crippen molar-refractivity contribution in [2.45, 2.75) is 96.1 Å². The molecule has 2 bridgehead atoms. The van der Waals surface area contributed by atoms with E-state index in [4.69, 9.17) is 4.74 Å². The van der Waals surface area contributed by atoms with Gasteiger partial charge in [-0.2, -0.15) is 0 Å². The quantitative estimate of drug-likeness (QED) is 0.713. The van der Waals surface area contributed by atoms with Crippen molar-refractivity contribution >= 4 is 0 Å². The zero-order valence-corrected chi connectivity index (χ0v) is 15.4. The summed E-state index contributed by atoms with van der Waals surface area (Å²) in [7, 11) is 0. The van der Waals surface area contributed by atoms with E-state index in [0.717, 1.165) is 38.5 Å². The van der Waals surface area contributed by atoms with Crippen LogP contribution in [0.3, 0.4) is 0 Å². The Balaban J connectivity index is 2.37. The summed E-state index contributed by atoms with van der Waals surface area (Å²) in [5.74, 6) is 0.299. The van der Waals surface area contributed by atoms with Crippen molar-refractivity contribution in [3.63, 3.8) is 0 Å². The Morgan fingerprint density at radius 1 is 1.13 bits per heavy atom. The van der Waals surface area contributed by atoms with Gasteiger partial charge in [-0.05, 0) is 65.2 Å². The van der Waals surface area contributed by atoms with E-state index in [9.17, 15) is 10.2 Å². The molecule has 2 aliphatic heterocycles. The average Bonchev–Trinajstić information content (AvgIpc) is 2.43. The van der Waals surface area contributed by atoms with Crippen LogP contribution in [0.15, 0.2) is 23.8 Å². The lowest BCUT2D eigenvalue weighted by atomic mass is 9.75. The molecule has 2 heterocycles. The smallest absolute Gasteiger partial charge is 0.0892 e. The molecule has 0 aliphatic carbocycles. The highest BCUT2D eigenvalue weighted by molar-refractivity contribution is 5.14. The summed E-state index contributed by atoms with van der Waals surface area (Å²) >= 11 is 0. The van der Waals surface area contributed by atoms with Crippen LogP contribution >= 0.6 is 0 Å². The van der Waals surface area contributed by atoms with Gasteiger partial charge in [0.05, 0.1) is 22.9 Å². The first-order valence-corrected chi connectivity index (χ1v) is 9.05. The molecule has 3 nitrogen and oxygen atoms in total. The molecule has 0 unspecified atom stereocenters. The van der Waals surface area contributed by atoms with Gasteiger partial charge >= 0.3 is 0 Å². The van der Waals surface area contributed by atoms with Gasteiger partial charge < -0.3 is 14.9 Å². The third-order valence-electron chi connectivity index (χ3n) is 5.72. The summed E-state index contributed by atoms with van der Waals surface area (Å²) in [5.41, 5.74) is -0.686. The Morgan fingerprint density at radius 2 is 1.83 bits per heavy atom. The second-order valence-corrected chi connectivity index (χ2v) is 8.39. The summed E-state index contributed by atoms with van der Waals surface area (Å²) in [6.45, 7) is 10.2. The molecule has 132 valence electrons. The Kier molecular flexibility index (Phi) is 5.44. The first-order valence-electron chi connectivity index (χ1n) is 9.05. The maximum atomic E-state index is 10.8. The zero-order valence-electron chi connectivity index (χ0n) is 15.4. The molecule has 1 fully saturated rings. The molecule has 0 radical (unpaired) electrons. The van der Waals surface area contributed by atoms with Gasteiger partial charge in [0.2, 0.25) is 0 Å². The minimum Gasteiger partial charge on any atom is -0.387 e. The number of ether oxygens (including phenoxy) is 1. The predicted molar refractivity (Wildman–Crippen MR) is 94.3 cm³/mol. The van der Waals surface area contributed by atoms with Crippen molar-refractivity contribution in [2.75, 3.05) is 0 Å². The van der Waals surface area contributed by atoms with E-state index >= 15 is 0 Å². The highest BCUT2D eigenvalue weighted by atomic mass is 16.5. The van der Waals surface area contributed by atoms with Crippen LogP contribution in [0, 0.1) is 5.92 Å². The number of hydrogen-bond donors (Lipinski definition) is 2. The highest BCUT2D eigenvalue weighted by Crippen LogP contribution is 2.42. The standard InChI is InChI=1S/C20H34O3/c1-15(2)20-13-11-18(4,21)10-6-7-16(3)8-9-17(23-20)19(5,22)12-14-20/h7,11,13,15,17,21-22H,6,8-10,12,14H2,1-5H3/b13-11-,16-7+/t17-,18-,19+,20-/m0/s1. The molecule has 2 rings (SSSR count). The minimum atomic E-state index is -0.823. The highest BCUT2D eigenvalue weighted by Gasteiger charge is 2.47. The van der Waals surface area contributed by atoms with E-state index < -0.39 is 16.8 Å². The average molecular weight is 322 g/mol. The molecular weight excluding hydrogens is 288 g/mol. The summed E-state index contributed by atoms with van der Waals surface area (Å²) in [6.07, 6.45) is 10.9. The molecule has 0 amide bonds. The largest absolute Gasteiger partial charge is 0.387 e. The number of fused-ring (bicyclic) bond motifs is 2. The van der Waals surface area contributed by atoms with Gasteiger partial charge in [0.15, 0.2) is 0 Å². The molecule has 1 saturated heterocycles. The van der Waals surface area contributed by atoms with Crippen LogP contribution in [0.25, 0.3) is 0 Å². The number of allylic oxidation sites excluding steroid dienone is 2. The van der Waals surface area contributed by atoms with Crippen LogP contribution in [-0.4, -0.2) is 33.1 Å². The number of hydrogen-bond acceptors (Lipinski definition) is 3. The maximum Gasteiger partial charge on any atom is 0.0892 e. The van der Waals surface area contributed by atoms with E-state index in [1.54, 1.807) is 0 Å². The first-order chi connectivity index (χ1) is 10.6. The first kappa shape index (κ1) is 18.7. The summed E-state index contributed by atoms with van der Waals surface area (Å²) in [5, 5.41) is 21.4. The fraction of sp³-hybridized carbons (Fsp3) is 0.800. The summed E-state index contributed by atoms with van der Waals surface area (Å²) in [6, 6.07) is 0. The fourth-order valence-corrected chi connectivity index (χ4v) is 3.65. The van der Waals surface area contributed by atoms with Crippen LogP contribution in [0.2, 0.25) is 0 Å². The molecule has 0 aromatic rings. The molecule has 2 N–H and O–H groups in total. The van der Waals surface area contributed by atoms with Gasteiger partial charge in [0.25, 0.3) is 0 Å². The SMILES string of the molecule is C/C1=C\CC[C@](C)(O)/C=C\[C@@]2(C(C)C)CC[C@@](C)(O)[C@H](CC1)O2. The Hall–Kier alpha value is -0.640. The molecule has 3 heteroatoms. The molecule has 0 aromatic carbocycles. The maximum absolute atomic E-state index is 10.8. The summed E-state index contributed by atoms with van der Waals surface area (Å²) in [4.78, 5) is 0. The number of aliphatic hydroxyl groups is 2. The lowest BCUT2D eigenvalue weighted by molar-refractivity contribution is -0.210. The molecule has 0 spiro atoms. The minimum absolute atomic E-state index is 0.170. The molecular formula is C20H34O3. The van der Waals surface area contributed by atoms with Crippen LogP contribution in [0.5, 0.6) is 0 Å². The van der Waals surface area contributed by atoms with Crippen LogP contribution in [0.4, 0.5) is 0 Å². The van der Waals surface area contributed by atoms with Gasteiger partial charge in [-0.3, -0.25) is 0 Å². The molecule has 0 saturated carbocycles. The van der Waals surface area contributed by atoms with Crippen LogP contribution in [-0.2, 0) is 4.74 Å². The van der Waals surface area contributed by atoms with Gasteiger partial charge in [-0.1, -0.05) is 37.6 Å². The van der Waals surface area contributed by atoms with E-state index in [1.165, 1.54) is 5.57 Å². The molecule has 2 aliphatic rings. The van der Waals surface area contributed by atoms with Crippen LogP contribution in [0.1, 0.15) is 73.1 Å². The number of rotatable bonds is 1. The van der Waals surface area contributed by atoms with E-state index in [0.29, 0.717) is 5.92 Å². The predicted octanol–water partition coefficient (Wildman–Crippen LogP) is 4.14. The van der Waals surface area contributed by atoms with Crippen molar-refractivity contribution in [3.05, 3.63) is 23.8 Å². The Morgan fingerprint density at radius 3 is 2.48 bits per heavy atom. The van der Waals surface area contributed by atoms with Gasteiger partial charge in [-0.15, -0.1) is 0 Å². The molecule has 0 aromatic heterocycles. The molecule has 4 atom stereocenters. The Labute approximate surface area is 141 Å². The van der Waals surface area contributed by atoms with Gasteiger partial charge in [0, 0.05) is 0 Å². The van der Waals surface area contributed by atoms with E-state index in [1.807, 2.05) is 19.9 Å². The topological polar surface area (TPSA) is 49.7 Å². The van der Waals surface area contributed by atoms with Crippen molar-refractivity contribution in [1.82, 2.24) is 0 Å². The van der Waals surface area contributed by atoms with E-state index in [2.05, 4.69) is 32.9 Å². The lowest BCUT2D eigenvalue weighted by Crippen LogP contribution is -2.55. The normalized spacial score (nSPS) is 46.4. The second kappa shape index (κ2) is 6.70. The van der Waals surface area contributed by atoms with Crippen molar-refractivity contribution in [2.24, 2.45) is 5.92 Å². The third kappa shape index (κ3) is 4.46. The van der Waals surface area contributed by atoms with Crippen molar-refractivity contribution < 1.29 is 14.9 Å². The second-order valence-electron chi connectivity index (χ2n) is 8.39. The monoisotopic (exact) mass is 322 g/mol. The van der Waals surface area contributed by atoms with E-state index in [-0.39, 0.29) is 6.10 Å². The molecule has 23 heavy (non-hydrogen) atoms. The summed E-state index contributed by atoms with van der Waals surface area (Å²) < 4.78 is 6.49. The lowest BCUT2D eigenvalue weighted by Gasteiger charge is -2.49. The van der Waals surface area contributed by atoms with Gasteiger partial charge in [-0.25, -0.2) is 0 Å². The fourth-order valence-electron chi connectivity index (χ4n) is 3.65. The third-order valence-corrected chi connectivity index (χ3v) is 5.72. The zero-order chi connectivity index (χ0) is 17.3. The van der Waals surface area contributed by atoms with Crippen LogP contribution < -0.4 is 0 Å². The Bertz CT molecular complexity index is 473. The van der Waals surface area contributed by atoms with Crippen molar-refractivity contribution in [3.8, 4) is 0 Å². The van der Waals surface area contributed by atoms with Crippen molar-refractivity contribution in [1.29, 1.82) is 0 Å². The van der Waals surface area contributed by atoms with Gasteiger partial charge in [0.1, 0.15) is 0 Å².